The van der Waals surface area contributed by atoms with Crippen molar-refractivity contribution in [2.45, 2.75) is 92.2 Å². The van der Waals surface area contributed by atoms with Crippen LogP contribution in [0.2, 0.25) is 0 Å². The maximum atomic E-state index is 4.62. The van der Waals surface area contributed by atoms with E-state index in [4.69, 9.17) is 0 Å². The molecule has 8 nitrogen and oxygen atoms in total. The quantitative estimate of drug-likeness (QED) is 0.0709. The summed E-state index contributed by atoms with van der Waals surface area (Å²) in [5, 5.41) is 0. The van der Waals surface area contributed by atoms with Gasteiger partial charge in [0.05, 0.1) is 35.9 Å². The topological polar surface area (TPSA) is 66.8 Å². The Labute approximate surface area is 435 Å². The van der Waals surface area contributed by atoms with E-state index >= 15 is 0 Å². The summed E-state index contributed by atoms with van der Waals surface area (Å²) in [5.41, 5.74) is 7.35. The van der Waals surface area contributed by atoms with Gasteiger partial charge in [0.1, 0.15) is 12.4 Å². The third-order valence-corrected chi connectivity index (χ3v) is 9.89. The molecule has 0 bridgehead atoms. The summed E-state index contributed by atoms with van der Waals surface area (Å²) >= 11 is 1.61. The fourth-order valence-corrected chi connectivity index (χ4v) is 6.36. The smallest absolute Gasteiger partial charge is 0.295 e. The Morgan fingerprint density at radius 1 is 0.545 bits per heavy atom. The summed E-state index contributed by atoms with van der Waals surface area (Å²) in [6.45, 7) is 15.8. The molecule has 0 amide bonds. The summed E-state index contributed by atoms with van der Waals surface area (Å²) in [7, 11) is 4.61. The van der Waals surface area contributed by atoms with Crippen molar-refractivity contribution >= 4 is 26.4 Å². The predicted molar refractivity (Wildman–Crippen MR) is 271 cm³/mol. The van der Waals surface area contributed by atoms with Gasteiger partial charge in [-0.25, -0.2) is 9.13 Å². The Balaban J connectivity index is 0.000000299. The molecular weight excluding hydrogens is 1270 g/mol. The average Bonchev–Trinajstić information content (AvgIpc) is 4.05. The SMILES string of the molecule is Br.CCCCN1C=CN(CCCC)[CH-]1.CCCCn1cc[n+](CCCC)c1.[Cl][Pt+].[Pt+2].[c-]1ccccc1-c1cccc(-c2ccccn2)n1.[c-]1ccccc1-c1cccc(-c2ccccn2)n1. The predicted octanol–water partition coefficient (Wildman–Crippen LogP) is 13.7. The van der Waals surface area contributed by atoms with E-state index in [9.17, 15) is 0 Å². The number of unbranched alkanes of at least 4 members (excludes halogenated alkanes) is 4. The monoisotopic (exact) mass is 1330 g/mol. The third-order valence-electron chi connectivity index (χ3n) is 9.89. The van der Waals surface area contributed by atoms with Gasteiger partial charge in [-0.1, -0.05) is 89.8 Å². The molecule has 6 heterocycles. The zero-order valence-corrected chi connectivity index (χ0v) is 45.7. The molecular formula is C54H65BrClN8Pt2+. The number of pyridine rings is 4. The molecule has 7 aromatic rings. The summed E-state index contributed by atoms with van der Waals surface area (Å²) < 4.78 is 4.55. The van der Waals surface area contributed by atoms with Gasteiger partial charge in [0.25, 0.3) is 0 Å². The molecule has 0 saturated carbocycles. The van der Waals surface area contributed by atoms with Crippen molar-refractivity contribution in [3.63, 3.8) is 0 Å². The molecule has 0 spiro atoms. The second kappa shape index (κ2) is 35.9. The minimum Gasteiger partial charge on any atom is -0.295 e. The first-order valence-corrected chi connectivity index (χ1v) is 25.3. The molecule has 1 aliphatic heterocycles. The van der Waals surface area contributed by atoms with Crippen molar-refractivity contribution in [3.8, 4) is 45.3 Å². The number of imidazole rings is 1. The molecule has 0 fully saturated rings. The Morgan fingerprint density at radius 3 is 1.41 bits per heavy atom. The first-order valence-electron chi connectivity index (χ1n) is 22.5. The van der Waals surface area contributed by atoms with E-state index in [1.54, 1.807) is 31.2 Å². The largest absolute Gasteiger partial charge is 2.00 e. The molecule has 2 aromatic carbocycles. The van der Waals surface area contributed by atoms with Gasteiger partial charge in [0.2, 0.25) is 6.33 Å². The van der Waals surface area contributed by atoms with Gasteiger partial charge in [-0.2, -0.15) is 6.67 Å². The minimum absolute atomic E-state index is 0. The zero-order valence-electron chi connectivity index (χ0n) is 38.6. The van der Waals surface area contributed by atoms with Gasteiger partial charge < -0.3 is 9.80 Å². The molecule has 0 atom stereocenters. The van der Waals surface area contributed by atoms with Crippen LogP contribution < -0.4 is 4.57 Å². The molecule has 1 aliphatic rings. The van der Waals surface area contributed by atoms with E-state index in [-0.39, 0.29) is 38.0 Å². The van der Waals surface area contributed by atoms with Crippen molar-refractivity contribution in [1.29, 1.82) is 0 Å². The first-order chi connectivity index (χ1) is 31.6. The Kier molecular flexibility index (Phi) is 31.4. The fraction of sp³-hybridized carbons (Fsp3) is 0.296. The normalized spacial score (nSPS) is 10.9. The van der Waals surface area contributed by atoms with Crippen LogP contribution >= 0.6 is 26.4 Å². The van der Waals surface area contributed by atoms with Gasteiger partial charge in [-0.05, 0) is 99.0 Å². The van der Waals surface area contributed by atoms with Gasteiger partial charge in [0, 0.05) is 12.4 Å². The minimum atomic E-state index is 0. The van der Waals surface area contributed by atoms with Crippen molar-refractivity contribution in [2.75, 3.05) is 13.1 Å². The van der Waals surface area contributed by atoms with Crippen LogP contribution in [0.25, 0.3) is 45.3 Å². The third kappa shape index (κ3) is 21.6. The average molecular weight is 1330 g/mol. The first kappa shape index (κ1) is 57.9. The summed E-state index contributed by atoms with van der Waals surface area (Å²) in [6, 6.07) is 45.6. The molecule has 8 rings (SSSR count). The number of nitrogens with zero attached hydrogens (tertiary/aromatic N) is 8. The number of halogens is 2. The second-order valence-electron chi connectivity index (χ2n) is 15.0. The van der Waals surface area contributed by atoms with Crippen LogP contribution in [0.4, 0.5) is 0 Å². The molecule has 0 saturated heterocycles. The maximum absolute atomic E-state index is 4.62. The molecule has 5 aromatic heterocycles. The van der Waals surface area contributed by atoms with E-state index in [2.05, 4.69) is 126 Å². The van der Waals surface area contributed by atoms with E-state index in [0.29, 0.717) is 0 Å². The van der Waals surface area contributed by atoms with Crippen LogP contribution in [0.5, 0.6) is 0 Å². The van der Waals surface area contributed by atoms with Crippen LogP contribution in [-0.4, -0.2) is 47.4 Å². The van der Waals surface area contributed by atoms with Crippen molar-refractivity contribution in [1.82, 2.24) is 34.3 Å². The standard InChI is InChI=1S/2C16H11N2.2C11H21N2.BrH.ClH.2Pt/c2*1-2-7-13(8-3-1)14-10-6-11-16(18-14)15-9-4-5-12-17-15;2*1-3-5-7-12-9-10-13(11-12)8-6-4-2;;;;/h2*1-7,9-12H;2*9-11H,3-8H2,1-2H3;2*1H;;/q3*-1;+1;;;2*+2/p-1. The number of hydrogen-bond acceptors (Lipinski definition) is 6. The van der Waals surface area contributed by atoms with E-state index < -0.39 is 0 Å². The van der Waals surface area contributed by atoms with Crippen molar-refractivity contribution in [2.24, 2.45) is 0 Å². The molecule has 0 N–H and O–H groups in total. The van der Waals surface area contributed by atoms with Gasteiger partial charge in [-0.3, -0.25) is 19.9 Å². The van der Waals surface area contributed by atoms with Crippen LogP contribution in [0.15, 0.2) is 165 Å². The second-order valence-corrected chi connectivity index (χ2v) is 15.0. The van der Waals surface area contributed by atoms with E-state index in [1.165, 1.54) is 51.4 Å². The number of aromatic nitrogens is 6. The van der Waals surface area contributed by atoms with E-state index in [0.717, 1.165) is 71.5 Å². The molecule has 0 radical (unpaired) electrons. The number of benzene rings is 2. The zero-order chi connectivity index (χ0) is 45.5. The maximum Gasteiger partial charge on any atom is 2.00 e. The molecule has 12 heteroatoms. The van der Waals surface area contributed by atoms with Crippen LogP contribution in [0.3, 0.4) is 0 Å². The fourth-order valence-electron chi connectivity index (χ4n) is 6.36. The molecule has 66 heavy (non-hydrogen) atoms. The Hall–Kier alpha value is -4.26. The summed E-state index contributed by atoms with van der Waals surface area (Å²) in [5.74, 6) is 0. The summed E-state index contributed by atoms with van der Waals surface area (Å²) in [4.78, 5) is 22.4. The molecule has 0 unspecified atom stereocenters. The van der Waals surface area contributed by atoms with Crippen LogP contribution in [0, 0.1) is 18.8 Å². The van der Waals surface area contributed by atoms with Gasteiger partial charge >= 0.3 is 49.3 Å². The van der Waals surface area contributed by atoms with Gasteiger partial charge in [-0.15, -0.1) is 88.8 Å². The number of aryl methyl sites for hydroxylation is 2. The molecule has 354 valence electrons. The van der Waals surface area contributed by atoms with Crippen LogP contribution in [0.1, 0.15) is 79.1 Å². The number of hydrogen-bond donors (Lipinski definition) is 0. The van der Waals surface area contributed by atoms with Crippen molar-refractivity contribution in [3.05, 3.63) is 184 Å². The van der Waals surface area contributed by atoms with E-state index in [1.807, 2.05) is 121 Å². The van der Waals surface area contributed by atoms with Crippen molar-refractivity contribution < 1.29 is 44.4 Å². The molecule has 0 aliphatic carbocycles. The number of rotatable bonds is 16. The van der Waals surface area contributed by atoms with Crippen LogP contribution in [-0.2, 0) is 52.9 Å². The van der Waals surface area contributed by atoms with Gasteiger partial charge in [0.15, 0.2) is 0 Å². The Bertz CT molecular complexity index is 2000. The summed E-state index contributed by atoms with van der Waals surface area (Å²) in [6.07, 6.45) is 24.7. The Morgan fingerprint density at radius 2 is 0.985 bits per heavy atom.